The first-order valence-electron chi connectivity index (χ1n) is 9.98. The van der Waals surface area contributed by atoms with Gasteiger partial charge in [0.25, 0.3) is 0 Å². The first-order chi connectivity index (χ1) is 14.4. The highest BCUT2D eigenvalue weighted by Crippen LogP contribution is 2.31. The molecule has 1 saturated heterocycles. The Morgan fingerprint density at radius 3 is 2.23 bits per heavy atom. The Labute approximate surface area is 188 Å². The van der Waals surface area contributed by atoms with Crippen molar-refractivity contribution in [3.63, 3.8) is 0 Å². The molecule has 3 rings (SSSR count). The Morgan fingerprint density at radius 1 is 1.10 bits per heavy atom. The molecule has 7 nitrogen and oxygen atoms in total. The van der Waals surface area contributed by atoms with Crippen LogP contribution in [-0.4, -0.2) is 42.8 Å². The van der Waals surface area contributed by atoms with Crippen LogP contribution >= 0.6 is 11.6 Å². The van der Waals surface area contributed by atoms with E-state index >= 15 is 0 Å². The summed E-state index contributed by atoms with van der Waals surface area (Å²) in [7, 11) is -3.80. The van der Waals surface area contributed by atoms with E-state index in [4.69, 9.17) is 16.3 Å². The van der Waals surface area contributed by atoms with Crippen LogP contribution in [0.2, 0.25) is 5.02 Å². The number of anilines is 1. The van der Waals surface area contributed by atoms with Crippen LogP contribution in [0.3, 0.4) is 0 Å². The second-order valence-electron chi connectivity index (χ2n) is 8.62. The van der Waals surface area contributed by atoms with Gasteiger partial charge in [-0.1, -0.05) is 56.6 Å². The molecular formula is C22H27ClN2O5S. The van der Waals surface area contributed by atoms with Crippen LogP contribution in [0.1, 0.15) is 39.2 Å². The average Bonchev–Trinajstić information content (AvgIpc) is 2.68. The fourth-order valence-corrected chi connectivity index (χ4v) is 5.28. The summed E-state index contributed by atoms with van der Waals surface area (Å²) < 4.78 is 32.1. The number of aliphatic hydroxyl groups is 1. The zero-order chi connectivity index (χ0) is 22.9. The number of halogens is 1. The predicted molar refractivity (Wildman–Crippen MR) is 120 cm³/mol. The molecule has 1 amide bonds. The fraction of sp³-hybridized carbons (Fsp3) is 0.409. The van der Waals surface area contributed by atoms with Crippen molar-refractivity contribution in [1.29, 1.82) is 0 Å². The van der Waals surface area contributed by atoms with Gasteiger partial charge >= 0.3 is 6.09 Å². The third-order valence-electron chi connectivity index (χ3n) is 5.24. The number of amides is 1. The third kappa shape index (κ3) is 5.57. The highest BCUT2D eigenvalue weighted by molar-refractivity contribution is 7.89. The Balaban J connectivity index is 1.59. The van der Waals surface area contributed by atoms with Gasteiger partial charge in [0.1, 0.15) is 4.90 Å². The maximum Gasteiger partial charge on any atom is 0.414 e. The second kappa shape index (κ2) is 8.78. The van der Waals surface area contributed by atoms with Gasteiger partial charge in [-0.3, -0.25) is 5.32 Å². The van der Waals surface area contributed by atoms with Crippen LogP contribution in [0.15, 0.2) is 53.4 Å². The van der Waals surface area contributed by atoms with Gasteiger partial charge in [0.2, 0.25) is 15.8 Å². The van der Waals surface area contributed by atoms with Crippen LogP contribution in [0, 0.1) is 0 Å². The molecule has 31 heavy (non-hydrogen) atoms. The molecule has 9 heteroatoms. The van der Waals surface area contributed by atoms with E-state index in [0.29, 0.717) is 5.69 Å². The number of hydrogen-bond acceptors (Lipinski definition) is 5. The van der Waals surface area contributed by atoms with Gasteiger partial charge in [-0.15, -0.1) is 0 Å². The van der Waals surface area contributed by atoms with E-state index in [1.54, 1.807) is 24.3 Å². The van der Waals surface area contributed by atoms with E-state index in [0.717, 1.165) is 5.56 Å². The van der Waals surface area contributed by atoms with E-state index in [1.165, 1.54) is 16.4 Å². The van der Waals surface area contributed by atoms with Crippen molar-refractivity contribution in [1.82, 2.24) is 4.31 Å². The lowest BCUT2D eigenvalue weighted by molar-refractivity contribution is -0.180. The standard InChI is InChI=1S/C22H27ClN2O5S/c1-21(2,3)16-8-10-17(11-9-16)24-20(26)30-22(27)12-14-25(15-13-22)31(28,29)19-7-5-4-6-18(19)23/h4-11,27H,12-15H2,1-3H3,(H,24,26). The molecule has 168 valence electrons. The quantitative estimate of drug-likeness (QED) is 0.652. The summed E-state index contributed by atoms with van der Waals surface area (Å²) in [6.45, 7) is 6.28. The molecule has 0 radical (unpaired) electrons. The number of carbonyl (C=O) groups is 1. The van der Waals surface area contributed by atoms with Crippen molar-refractivity contribution in [2.75, 3.05) is 18.4 Å². The van der Waals surface area contributed by atoms with Crippen molar-refractivity contribution >= 4 is 33.4 Å². The highest BCUT2D eigenvalue weighted by Gasteiger charge is 2.40. The number of ether oxygens (including phenoxy) is 1. The molecule has 0 aromatic heterocycles. The van der Waals surface area contributed by atoms with Gasteiger partial charge in [0.15, 0.2) is 0 Å². The Morgan fingerprint density at radius 2 is 1.68 bits per heavy atom. The van der Waals surface area contributed by atoms with E-state index in [2.05, 4.69) is 26.1 Å². The van der Waals surface area contributed by atoms with Crippen LogP contribution < -0.4 is 5.32 Å². The lowest BCUT2D eigenvalue weighted by Gasteiger charge is -2.36. The lowest BCUT2D eigenvalue weighted by atomic mass is 9.87. The number of benzene rings is 2. The van der Waals surface area contributed by atoms with Gasteiger partial charge in [-0.05, 0) is 35.2 Å². The van der Waals surface area contributed by atoms with Crippen LogP contribution in [-0.2, 0) is 20.2 Å². The molecular weight excluding hydrogens is 440 g/mol. The summed E-state index contributed by atoms with van der Waals surface area (Å²) in [5.74, 6) is -1.75. The summed E-state index contributed by atoms with van der Waals surface area (Å²) in [6.07, 6.45) is -0.895. The van der Waals surface area contributed by atoms with Crippen molar-refractivity contribution < 1.29 is 23.1 Å². The minimum absolute atomic E-state index is 0.00236. The maximum atomic E-state index is 12.8. The Kier molecular flexibility index (Phi) is 6.67. The topological polar surface area (TPSA) is 95.9 Å². The molecule has 0 spiro atoms. The van der Waals surface area contributed by atoms with Crippen molar-refractivity contribution in [3.8, 4) is 0 Å². The van der Waals surface area contributed by atoms with Gasteiger partial charge in [0, 0.05) is 31.6 Å². The average molecular weight is 467 g/mol. The molecule has 0 unspecified atom stereocenters. The molecule has 2 N–H and O–H groups in total. The Hall–Kier alpha value is -2.13. The van der Waals surface area contributed by atoms with E-state index < -0.39 is 21.9 Å². The van der Waals surface area contributed by atoms with Crippen LogP contribution in [0.4, 0.5) is 10.5 Å². The van der Waals surface area contributed by atoms with Gasteiger partial charge in [-0.2, -0.15) is 4.31 Å². The first-order valence-corrected chi connectivity index (χ1v) is 11.8. The number of sulfonamides is 1. The number of rotatable bonds is 4. The monoisotopic (exact) mass is 466 g/mol. The number of hydrogen-bond donors (Lipinski definition) is 2. The van der Waals surface area contributed by atoms with Crippen molar-refractivity contribution in [3.05, 3.63) is 59.1 Å². The highest BCUT2D eigenvalue weighted by atomic mass is 35.5. The lowest BCUT2D eigenvalue weighted by Crippen LogP contribution is -2.49. The fourth-order valence-electron chi connectivity index (χ4n) is 3.34. The Bertz CT molecular complexity index is 1040. The zero-order valence-electron chi connectivity index (χ0n) is 17.8. The SMILES string of the molecule is CC(C)(C)c1ccc(NC(=O)OC2(O)CCN(S(=O)(=O)c3ccccc3Cl)CC2)cc1. The van der Waals surface area contributed by atoms with Gasteiger partial charge < -0.3 is 9.84 Å². The zero-order valence-corrected chi connectivity index (χ0v) is 19.3. The molecule has 1 heterocycles. The maximum absolute atomic E-state index is 12.8. The van der Waals surface area contributed by atoms with E-state index in [9.17, 15) is 18.3 Å². The molecule has 0 aliphatic carbocycles. The van der Waals surface area contributed by atoms with Crippen LogP contribution in [0.5, 0.6) is 0 Å². The minimum atomic E-state index is -3.80. The van der Waals surface area contributed by atoms with Crippen molar-refractivity contribution in [2.45, 2.75) is 49.7 Å². The summed E-state index contributed by atoms with van der Waals surface area (Å²) >= 11 is 6.03. The molecule has 1 fully saturated rings. The predicted octanol–water partition coefficient (Wildman–Crippen LogP) is 4.36. The molecule has 1 aliphatic rings. The normalized spacial score (nSPS) is 17.2. The summed E-state index contributed by atoms with van der Waals surface area (Å²) in [5.41, 5.74) is 1.66. The first kappa shape index (κ1) is 23.5. The number of carbonyl (C=O) groups excluding carboxylic acids is 1. The van der Waals surface area contributed by atoms with Gasteiger partial charge in [-0.25, -0.2) is 13.2 Å². The molecule has 2 aromatic rings. The number of nitrogens with zero attached hydrogens (tertiary/aromatic N) is 1. The van der Waals surface area contributed by atoms with E-state index in [1.807, 2.05) is 12.1 Å². The minimum Gasteiger partial charge on any atom is -0.417 e. The number of piperidine rings is 1. The number of nitrogens with one attached hydrogen (secondary N) is 1. The largest absolute Gasteiger partial charge is 0.417 e. The van der Waals surface area contributed by atoms with Crippen LogP contribution in [0.25, 0.3) is 0 Å². The summed E-state index contributed by atoms with van der Waals surface area (Å²) in [5, 5.41) is 13.4. The molecule has 0 bridgehead atoms. The third-order valence-corrected chi connectivity index (χ3v) is 7.64. The second-order valence-corrected chi connectivity index (χ2v) is 10.9. The molecule has 0 saturated carbocycles. The molecule has 0 atom stereocenters. The molecule has 2 aromatic carbocycles. The summed E-state index contributed by atoms with van der Waals surface area (Å²) in [4.78, 5) is 12.3. The molecule has 1 aliphatic heterocycles. The van der Waals surface area contributed by atoms with Gasteiger partial charge in [0.05, 0.1) is 5.02 Å². The smallest absolute Gasteiger partial charge is 0.414 e. The van der Waals surface area contributed by atoms with E-state index in [-0.39, 0.29) is 41.3 Å². The summed E-state index contributed by atoms with van der Waals surface area (Å²) in [6, 6.07) is 13.6. The van der Waals surface area contributed by atoms with Crippen molar-refractivity contribution in [2.24, 2.45) is 0 Å².